The van der Waals surface area contributed by atoms with Gasteiger partial charge in [0.2, 0.25) is 0 Å². The van der Waals surface area contributed by atoms with Crippen molar-refractivity contribution in [2.45, 2.75) is 12.6 Å². The summed E-state index contributed by atoms with van der Waals surface area (Å²) in [6, 6.07) is 9.92. The lowest BCUT2D eigenvalue weighted by Crippen LogP contribution is -2.59. The van der Waals surface area contributed by atoms with Crippen LogP contribution in [0.1, 0.15) is 5.56 Å². The summed E-state index contributed by atoms with van der Waals surface area (Å²) < 4.78 is 0. The number of allylic oxidation sites excluding steroid dienone is 1. The summed E-state index contributed by atoms with van der Waals surface area (Å²) in [6.45, 7) is 0. The van der Waals surface area contributed by atoms with Crippen molar-refractivity contribution in [3.8, 4) is 0 Å². The topological polar surface area (TPSA) is 103 Å². The van der Waals surface area contributed by atoms with Crippen LogP contribution < -0.4 is 11.5 Å². The standard InChI is InChI=1S/C15H16ClN5/c16-13(17)5-6-14(18)21-15(19)9-10-3-4-12-11(8-10)2-1-7-20-12/h1-8,14,17H,9,18H2,(H2,19,21)/p+1. The summed E-state index contributed by atoms with van der Waals surface area (Å²) in [5.74, 6) is 0.490. The largest absolute Gasteiger partial charge is 0.387 e. The molecule has 0 aliphatic rings. The van der Waals surface area contributed by atoms with Crippen molar-refractivity contribution in [3.63, 3.8) is 0 Å². The molecule has 0 fully saturated rings. The molecule has 6 N–H and O–H groups in total. The molecule has 0 saturated heterocycles. The van der Waals surface area contributed by atoms with E-state index in [9.17, 15) is 0 Å². The highest BCUT2D eigenvalue weighted by Gasteiger charge is 2.03. The second-order valence-corrected chi connectivity index (χ2v) is 5.01. The zero-order chi connectivity index (χ0) is 15.2. The first-order valence-electron chi connectivity index (χ1n) is 6.46. The second-order valence-electron chi connectivity index (χ2n) is 4.60. The Morgan fingerprint density at radius 3 is 3.05 bits per heavy atom. The van der Waals surface area contributed by atoms with Gasteiger partial charge < -0.3 is 11.5 Å². The van der Waals surface area contributed by atoms with Crippen molar-refractivity contribution in [2.75, 3.05) is 0 Å². The molecule has 1 atom stereocenters. The average Bonchev–Trinajstić information content (AvgIpc) is 2.45. The number of pyridine rings is 1. The molecular formula is C15H17ClN5+. The van der Waals surface area contributed by atoms with Crippen LogP contribution in [0.3, 0.4) is 0 Å². The smallest absolute Gasteiger partial charge is 0.199 e. The number of amidine groups is 1. The minimum Gasteiger partial charge on any atom is -0.387 e. The second kappa shape index (κ2) is 6.97. The van der Waals surface area contributed by atoms with Gasteiger partial charge in [-0.3, -0.25) is 10.4 Å². The molecule has 1 aromatic heterocycles. The molecule has 0 aliphatic heterocycles. The van der Waals surface area contributed by atoms with Gasteiger partial charge in [0.15, 0.2) is 6.17 Å². The number of quaternary nitrogens is 1. The number of aliphatic imine (C=N–C) groups is 1. The van der Waals surface area contributed by atoms with E-state index in [4.69, 9.17) is 22.7 Å². The third-order valence-corrected chi connectivity index (χ3v) is 2.97. The van der Waals surface area contributed by atoms with Crippen LogP contribution in [0.4, 0.5) is 0 Å². The number of nitrogens with one attached hydrogen (secondary N) is 1. The normalized spacial score (nSPS) is 13.7. The molecule has 2 rings (SSSR count). The molecular weight excluding hydrogens is 286 g/mol. The van der Waals surface area contributed by atoms with Gasteiger partial charge in [-0.05, 0) is 35.9 Å². The molecule has 0 saturated carbocycles. The van der Waals surface area contributed by atoms with Crippen molar-refractivity contribution in [1.29, 1.82) is 5.41 Å². The van der Waals surface area contributed by atoms with E-state index in [0.717, 1.165) is 16.5 Å². The van der Waals surface area contributed by atoms with Gasteiger partial charge in [0.1, 0.15) is 11.0 Å². The maximum Gasteiger partial charge on any atom is 0.199 e. The molecule has 0 bridgehead atoms. The molecule has 21 heavy (non-hydrogen) atoms. The van der Waals surface area contributed by atoms with Crippen molar-refractivity contribution in [2.24, 2.45) is 10.7 Å². The Bertz CT molecular complexity index is 708. The first kappa shape index (κ1) is 15.2. The number of nitrogens with two attached hydrogens (primary N) is 1. The lowest BCUT2D eigenvalue weighted by atomic mass is 10.1. The van der Waals surface area contributed by atoms with E-state index in [1.165, 1.54) is 6.08 Å². The summed E-state index contributed by atoms with van der Waals surface area (Å²) in [4.78, 5) is 8.53. The van der Waals surface area contributed by atoms with Crippen LogP contribution in [-0.4, -0.2) is 22.2 Å². The van der Waals surface area contributed by atoms with Gasteiger partial charge in [-0.2, -0.15) is 0 Å². The minimum atomic E-state index is -0.355. The summed E-state index contributed by atoms with van der Waals surface area (Å²) in [7, 11) is 0. The molecule has 6 heteroatoms. The molecule has 0 spiro atoms. The summed E-state index contributed by atoms with van der Waals surface area (Å²) in [5, 5.41) is 8.11. The zero-order valence-electron chi connectivity index (χ0n) is 11.5. The number of aromatic nitrogens is 1. The Morgan fingerprint density at radius 1 is 1.48 bits per heavy atom. The van der Waals surface area contributed by atoms with Gasteiger partial charge in [0, 0.05) is 18.0 Å². The van der Waals surface area contributed by atoms with E-state index >= 15 is 0 Å². The quantitative estimate of drug-likeness (QED) is 0.575. The van der Waals surface area contributed by atoms with Gasteiger partial charge in [-0.15, -0.1) is 0 Å². The fourth-order valence-electron chi connectivity index (χ4n) is 1.94. The summed E-state index contributed by atoms with van der Waals surface area (Å²) in [6.07, 6.45) is 5.03. The third-order valence-electron chi connectivity index (χ3n) is 2.85. The van der Waals surface area contributed by atoms with Gasteiger partial charge in [0.25, 0.3) is 0 Å². The van der Waals surface area contributed by atoms with E-state index in [2.05, 4.69) is 15.7 Å². The van der Waals surface area contributed by atoms with Crippen molar-refractivity contribution >= 4 is 33.5 Å². The Kier molecular flexibility index (Phi) is 5.03. The molecule has 108 valence electrons. The molecule has 0 amide bonds. The van der Waals surface area contributed by atoms with Gasteiger partial charge >= 0.3 is 0 Å². The van der Waals surface area contributed by atoms with E-state index in [-0.39, 0.29) is 11.3 Å². The van der Waals surface area contributed by atoms with Crippen LogP contribution in [0.25, 0.3) is 10.9 Å². The summed E-state index contributed by atoms with van der Waals surface area (Å²) >= 11 is 5.43. The van der Waals surface area contributed by atoms with Gasteiger partial charge in [-0.1, -0.05) is 23.7 Å². The van der Waals surface area contributed by atoms with Crippen molar-refractivity contribution in [3.05, 3.63) is 54.2 Å². The fraction of sp³-hybridized carbons (Fsp3) is 0.133. The molecule has 1 heterocycles. The number of hydrogen-bond donors (Lipinski definition) is 3. The van der Waals surface area contributed by atoms with Crippen LogP contribution in [0, 0.1) is 5.41 Å². The molecule has 1 aromatic carbocycles. The predicted octanol–water partition coefficient (Wildman–Crippen LogP) is 1.47. The first-order chi connectivity index (χ1) is 10.0. The number of rotatable bonds is 5. The maximum absolute atomic E-state index is 7.09. The first-order valence-corrected chi connectivity index (χ1v) is 6.83. The lowest BCUT2D eigenvalue weighted by Gasteiger charge is -2.04. The van der Waals surface area contributed by atoms with Crippen LogP contribution in [-0.2, 0) is 6.42 Å². The minimum absolute atomic E-state index is 0.0561. The highest BCUT2D eigenvalue weighted by atomic mass is 35.5. The lowest BCUT2D eigenvalue weighted by molar-refractivity contribution is -0.400. The predicted molar refractivity (Wildman–Crippen MR) is 86.5 cm³/mol. The van der Waals surface area contributed by atoms with Crippen molar-refractivity contribution < 1.29 is 5.73 Å². The van der Waals surface area contributed by atoms with E-state index < -0.39 is 0 Å². The average molecular weight is 303 g/mol. The van der Waals surface area contributed by atoms with Gasteiger partial charge in [-0.25, -0.2) is 4.99 Å². The van der Waals surface area contributed by atoms with Crippen LogP contribution in [0.5, 0.6) is 0 Å². The van der Waals surface area contributed by atoms with Crippen LogP contribution in [0.15, 0.2) is 53.7 Å². The monoisotopic (exact) mass is 302 g/mol. The maximum atomic E-state index is 7.09. The SMILES string of the molecule is N=C(Cl)C=CC([NH3+])N=C(N)Cc1ccc2ncccc2c1. The van der Waals surface area contributed by atoms with Crippen LogP contribution >= 0.6 is 11.6 Å². The molecule has 5 nitrogen and oxygen atoms in total. The Hall–Kier alpha value is -2.24. The zero-order valence-corrected chi connectivity index (χ0v) is 12.2. The van der Waals surface area contributed by atoms with E-state index in [0.29, 0.717) is 12.3 Å². The van der Waals surface area contributed by atoms with Crippen LogP contribution in [0.2, 0.25) is 0 Å². The fourth-order valence-corrected chi connectivity index (χ4v) is 2.01. The van der Waals surface area contributed by atoms with Gasteiger partial charge in [0.05, 0.1) is 5.52 Å². The Balaban J connectivity index is 2.10. The molecule has 2 aromatic rings. The van der Waals surface area contributed by atoms with E-state index in [1.807, 2.05) is 30.3 Å². The Morgan fingerprint density at radius 2 is 2.29 bits per heavy atom. The Labute approximate surface area is 127 Å². The molecule has 0 aliphatic carbocycles. The highest BCUT2D eigenvalue weighted by Crippen LogP contribution is 2.13. The molecule has 0 radical (unpaired) electrons. The van der Waals surface area contributed by atoms with E-state index in [1.54, 1.807) is 12.3 Å². The number of halogens is 1. The molecule has 1 unspecified atom stereocenters. The number of hydrogen-bond acceptors (Lipinski definition) is 3. The third kappa shape index (κ3) is 4.66. The summed E-state index contributed by atoms with van der Waals surface area (Å²) in [5.41, 5.74) is 11.8. The number of fused-ring (bicyclic) bond motifs is 1. The highest BCUT2D eigenvalue weighted by molar-refractivity contribution is 6.67. The number of benzene rings is 1. The number of nitrogens with zero attached hydrogens (tertiary/aromatic N) is 2. The van der Waals surface area contributed by atoms with Crippen molar-refractivity contribution in [1.82, 2.24) is 4.98 Å².